The van der Waals surface area contributed by atoms with Crippen molar-refractivity contribution in [3.8, 4) is 0 Å². The van der Waals surface area contributed by atoms with E-state index in [-0.39, 0.29) is 0 Å². The van der Waals surface area contributed by atoms with Crippen LogP contribution in [0, 0.1) is 13.8 Å². The topological polar surface area (TPSA) is 63.8 Å². The first-order chi connectivity index (χ1) is 9.54. The van der Waals surface area contributed by atoms with Crippen LogP contribution in [0.2, 0.25) is 0 Å². The number of aryl methyl sites for hydroxylation is 2. The Morgan fingerprint density at radius 2 is 1.95 bits per heavy atom. The Labute approximate surface area is 124 Å². The second-order valence-corrected chi connectivity index (χ2v) is 5.07. The lowest BCUT2D eigenvalue weighted by molar-refractivity contribution is 0.962. The van der Waals surface area contributed by atoms with Gasteiger partial charge >= 0.3 is 0 Å². The molecule has 0 aliphatic rings. The van der Waals surface area contributed by atoms with E-state index in [1.165, 1.54) is 5.56 Å². The van der Waals surface area contributed by atoms with Gasteiger partial charge in [-0.25, -0.2) is 0 Å². The van der Waals surface area contributed by atoms with E-state index in [9.17, 15) is 0 Å². The van der Waals surface area contributed by atoms with Crippen molar-refractivity contribution in [3.05, 3.63) is 46.6 Å². The highest BCUT2D eigenvalue weighted by atomic mass is 32.1. The minimum absolute atomic E-state index is 0.331. The minimum Gasteiger partial charge on any atom is -0.389 e. The highest BCUT2D eigenvalue weighted by molar-refractivity contribution is 7.80. The maximum Gasteiger partial charge on any atom is 0.163 e. The maximum atomic E-state index is 5.83. The zero-order valence-electron chi connectivity index (χ0n) is 11.9. The summed E-state index contributed by atoms with van der Waals surface area (Å²) in [5, 5.41) is 11.6. The van der Waals surface area contributed by atoms with E-state index in [0.29, 0.717) is 10.8 Å². The second kappa shape index (κ2) is 5.96. The van der Waals surface area contributed by atoms with E-state index in [0.717, 1.165) is 28.9 Å². The lowest BCUT2D eigenvalue weighted by atomic mass is 10.1. The fraction of sp³-hybridized carbons (Fsp3) is 0.267. The van der Waals surface area contributed by atoms with Crippen LogP contribution in [0.5, 0.6) is 0 Å². The SMILES string of the molecule is CCc1ccccc1Nc1nnc(C)c(C)c1C(N)=S. The van der Waals surface area contributed by atoms with Crippen LogP contribution in [0.3, 0.4) is 0 Å². The Morgan fingerprint density at radius 1 is 1.25 bits per heavy atom. The fourth-order valence-electron chi connectivity index (χ4n) is 2.08. The van der Waals surface area contributed by atoms with Gasteiger partial charge in [0.15, 0.2) is 5.82 Å². The van der Waals surface area contributed by atoms with E-state index in [4.69, 9.17) is 18.0 Å². The third kappa shape index (κ3) is 2.77. The molecule has 0 aliphatic carbocycles. The van der Waals surface area contributed by atoms with Gasteiger partial charge in [-0.1, -0.05) is 37.3 Å². The molecule has 1 aromatic carbocycles. The van der Waals surface area contributed by atoms with Crippen molar-refractivity contribution in [2.75, 3.05) is 5.32 Å². The molecule has 4 nitrogen and oxygen atoms in total. The molecule has 0 radical (unpaired) electrons. The molecule has 0 spiro atoms. The Kier molecular flexibility index (Phi) is 4.29. The molecule has 104 valence electrons. The summed E-state index contributed by atoms with van der Waals surface area (Å²) in [7, 11) is 0. The van der Waals surface area contributed by atoms with Gasteiger partial charge in [0.25, 0.3) is 0 Å². The van der Waals surface area contributed by atoms with Gasteiger partial charge in [-0.15, -0.1) is 5.10 Å². The molecule has 5 heteroatoms. The third-order valence-electron chi connectivity index (χ3n) is 3.35. The maximum absolute atomic E-state index is 5.83. The van der Waals surface area contributed by atoms with Crippen molar-refractivity contribution >= 4 is 28.7 Å². The molecule has 0 atom stereocenters. The average Bonchev–Trinajstić information content (AvgIpc) is 2.43. The number of para-hydroxylation sites is 1. The number of hydrogen-bond acceptors (Lipinski definition) is 4. The molecule has 0 amide bonds. The number of aromatic nitrogens is 2. The molecule has 3 N–H and O–H groups in total. The summed E-state index contributed by atoms with van der Waals surface area (Å²) in [6.45, 7) is 5.96. The summed E-state index contributed by atoms with van der Waals surface area (Å²) in [6, 6.07) is 8.09. The molecule has 0 saturated heterocycles. The molecule has 0 unspecified atom stereocenters. The molecule has 20 heavy (non-hydrogen) atoms. The Morgan fingerprint density at radius 3 is 2.60 bits per heavy atom. The van der Waals surface area contributed by atoms with Crippen LogP contribution >= 0.6 is 12.2 Å². The quantitative estimate of drug-likeness (QED) is 0.846. The number of nitrogens with one attached hydrogen (secondary N) is 1. The number of nitrogens with two attached hydrogens (primary N) is 1. The number of anilines is 2. The Hall–Kier alpha value is -2.01. The zero-order chi connectivity index (χ0) is 14.7. The third-order valence-corrected chi connectivity index (χ3v) is 3.56. The van der Waals surface area contributed by atoms with Gasteiger partial charge in [0.1, 0.15) is 4.99 Å². The van der Waals surface area contributed by atoms with Gasteiger partial charge in [-0.2, -0.15) is 5.10 Å². The lowest BCUT2D eigenvalue weighted by Crippen LogP contribution is -2.17. The van der Waals surface area contributed by atoms with Gasteiger partial charge < -0.3 is 11.1 Å². The summed E-state index contributed by atoms with van der Waals surface area (Å²) in [6.07, 6.45) is 0.934. The van der Waals surface area contributed by atoms with Crippen molar-refractivity contribution in [3.63, 3.8) is 0 Å². The predicted octanol–water partition coefficient (Wildman–Crippen LogP) is 3.03. The number of rotatable bonds is 4. The molecule has 0 bridgehead atoms. The van der Waals surface area contributed by atoms with Gasteiger partial charge in [0.05, 0.1) is 11.3 Å². The van der Waals surface area contributed by atoms with Crippen molar-refractivity contribution in [2.24, 2.45) is 5.73 Å². The van der Waals surface area contributed by atoms with Crippen molar-refractivity contribution < 1.29 is 0 Å². The second-order valence-electron chi connectivity index (χ2n) is 4.63. The normalized spacial score (nSPS) is 10.3. The average molecular weight is 286 g/mol. The highest BCUT2D eigenvalue weighted by Crippen LogP contribution is 2.24. The van der Waals surface area contributed by atoms with E-state index < -0.39 is 0 Å². The van der Waals surface area contributed by atoms with Gasteiger partial charge in [-0.3, -0.25) is 0 Å². The van der Waals surface area contributed by atoms with Gasteiger partial charge in [0, 0.05) is 5.69 Å². The fourth-order valence-corrected chi connectivity index (χ4v) is 2.33. The summed E-state index contributed by atoms with van der Waals surface area (Å²) in [5.74, 6) is 0.613. The zero-order valence-corrected chi connectivity index (χ0v) is 12.7. The minimum atomic E-state index is 0.331. The predicted molar refractivity (Wildman–Crippen MR) is 86.5 cm³/mol. The molecule has 1 heterocycles. The van der Waals surface area contributed by atoms with Crippen LogP contribution in [0.25, 0.3) is 0 Å². The highest BCUT2D eigenvalue weighted by Gasteiger charge is 2.14. The first-order valence-corrected chi connectivity index (χ1v) is 6.94. The van der Waals surface area contributed by atoms with E-state index in [1.807, 2.05) is 32.0 Å². The van der Waals surface area contributed by atoms with Crippen LogP contribution in [0.15, 0.2) is 24.3 Å². The van der Waals surface area contributed by atoms with E-state index in [2.05, 4.69) is 28.5 Å². The summed E-state index contributed by atoms with van der Waals surface area (Å²) in [5.41, 5.74) is 10.6. The molecule has 1 aromatic heterocycles. The molecule has 2 rings (SSSR count). The smallest absolute Gasteiger partial charge is 0.163 e. The Bertz CT molecular complexity index is 652. The number of benzene rings is 1. The molecular formula is C15H18N4S. The number of thiocarbonyl (C=S) groups is 1. The molecular weight excluding hydrogens is 268 g/mol. The standard InChI is InChI=1S/C15H18N4S/c1-4-11-7-5-6-8-12(11)17-15-13(14(16)20)9(2)10(3)18-19-15/h5-8H,4H2,1-3H3,(H2,16,20)(H,17,19). The summed E-state index contributed by atoms with van der Waals surface area (Å²) < 4.78 is 0. The van der Waals surface area contributed by atoms with Crippen LogP contribution in [-0.4, -0.2) is 15.2 Å². The first-order valence-electron chi connectivity index (χ1n) is 6.53. The van der Waals surface area contributed by atoms with Crippen molar-refractivity contribution in [1.29, 1.82) is 0 Å². The van der Waals surface area contributed by atoms with E-state index >= 15 is 0 Å². The molecule has 0 fully saturated rings. The van der Waals surface area contributed by atoms with E-state index in [1.54, 1.807) is 0 Å². The number of nitrogens with zero attached hydrogens (tertiary/aromatic N) is 2. The Balaban J connectivity index is 2.49. The first kappa shape index (κ1) is 14.4. The van der Waals surface area contributed by atoms with Gasteiger partial charge in [0.2, 0.25) is 0 Å². The van der Waals surface area contributed by atoms with Crippen LogP contribution < -0.4 is 11.1 Å². The lowest BCUT2D eigenvalue weighted by Gasteiger charge is -2.15. The molecule has 0 saturated carbocycles. The molecule has 0 aliphatic heterocycles. The van der Waals surface area contributed by atoms with Crippen LogP contribution in [0.4, 0.5) is 11.5 Å². The molecule has 2 aromatic rings. The summed E-state index contributed by atoms with van der Waals surface area (Å²) >= 11 is 5.14. The van der Waals surface area contributed by atoms with Crippen molar-refractivity contribution in [2.45, 2.75) is 27.2 Å². The van der Waals surface area contributed by atoms with Crippen LogP contribution in [0.1, 0.15) is 29.3 Å². The largest absolute Gasteiger partial charge is 0.389 e. The monoisotopic (exact) mass is 286 g/mol. The van der Waals surface area contributed by atoms with Gasteiger partial charge in [-0.05, 0) is 37.5 Å². The van der Waals surface area contributed by atoms with Crippen molar-refractivity contribution in [1.82, 2.24) is 10.2 Å². The number of hydrogen-bond donors (Lipinski definition) is 2. The van der Waals surface area contributed by atoms with Crippen LogP contribution in [-0.2, 0) is 6.42 Å². The summed E-state index contributed by atoms with van der Waals surface area (Å²) in [4.78, 5) is 0.331.